The Bertz CT molecular complexity index is 451. The number of hydrogen-bond donors (Lipinski definition) is 1. The largest absolute Gasteiger partial charge is 0.491 e. The first-order valence-corrected chi connectivity index (χ1v) is 7.80. The SMILES string of the molecule is CCCOc1cccc(N2CCN(C3CC3)CC2)c1N. The van der Waals surface area contributed by atoms with Crippen LogP contribution < -0.4 is 15.4 Å². The highest BCUT2D eigenvalue weighted by Crippen LogP contribution is 2.34. The smallest absolute Gasteiger partial charge is 0.144 e. The molecule has 2 N–H and O–H groups in total. The maximum absolute atomic E-state index is 6.28. The number of hydrogen-bond acceptors (Lipinski definition) is 4. The molecule has 0 unspecified atom stereocenters. The molecule has 1 aromatic carbocycles. The molecule has 2 fully saturated rings. The van der Waals surface area contributed by atoms with Gasteiger partial charge in [0.2, 0.25) is 0 Å². The minimum Gasteiger partial charge on any atom is -0.491 e. The van der Waals surface area contributed by atoms with Gasteiger partial charge in [0.05, 0.1) is 18.0 Å². The number of para-hydroxylation sites is 1. The lowest BCUT2D eigenvalue weighted by molar-refractivity contribution is 0.248. The zero-order chi connectivity index (χ0) is 13.9. The minimum atomic E-state index is 0.725. The van der Waals surface area contributed by atoms with E-state index >= 15 is 0 Å². The van der Waals surface area contributed by atoms with Crippen LogP contribution in [0.15, 0.2) is 18.2 Å². The number of nitrogens with two attached hydrogens (primary N) is 1. The van der Waals surface area contributed by atoms with Gasteiger partial charge in [-0.05, 0) is 31.4 Å². The second kappa shape index (κ2) is 5.92. The molecule has 4 heteroatoms. The van der Waals surface area contributed by atoms with E-state index in [1.807, 2.05) is 12.1 Å². The van der Waals surface area contributed by atoms with Gasteiger partial charge >= 0.3 is 0 Å². The predicted molar refractivity (Wildman–Crippen MR) is 83.4 cm³/mol. The van der Waals surface area contributed by atoms with Crippen LogP contribution in [0, 0.1) is 0 Å². The maximum Gasteiger partial charge on any atom is 0.144 e. The summed E-state index contributed by atoms with van der Waals surface area (Å²) in [6.07, 6.45) is 3.79. The molecule has 3 rings (SSSR count). The molecule has 0 bridgehead atoms. The van der Waals surface area contributed by atoms with Crippen molar-refractivity contribution in [2.45, 2.75) is 32.2 Å². The highest BCUT2D eigenvalue weighted by molar-refractivity contribution is 5.74. The summed E-state index contributed by atoms with van der Waals surface area (Å²) < 4.78 is 5.72. The van der Waals surface area contributed by atoms with E-state index < -0.39 is 0 Å². The minimum absolute atomic E-state index is 0.725. The topological polar surface area (TPSA) is 41.7 Å². The van der Waals surface area contributed by atoms with Gasteiger partial charge in [-0.1, -0.05) is 13.0 Å². The van der Waals surface area contributed by atoms with Gasteiger partial charge in [0, 0.05) is 32.2 Å². The molecule has 110 valence electrons. The van der Waals surface area contributed by atoms with Crippen LogP contribution in [0.4, 0.5) is 11.4 Å². The number of ether oxygens (including phenoxy) is 1. The zero-order valence-corrected chi connectivity index (χ0v) is 12.3. The van der Waals surface area contributed by atoms with Crippen molar-refractivity contribution >= 4 is 11.4 Å². The Morgan fingerprint density at radius 2 is 1.95 bits per heavy atom. The normalized spacial score (nSPS) is 20.1. The summed E-state index contributed by atoms with van der Waals surface area (Å²) >= 11 is 0. The van der Waals surface area contributed by atoms with Crippen LogP contribution in [0.3, 0.4) is 0 Å². The van der Waals surface area contributed by atoms with E-state index in [1.54, 1.807) is 0 Å². The molecule has 0 spiro atoms. The molecule has 1 saturated heterocycles. The van der Waals surface area contributed by atoms with Gasteiger partial charge in [0.1, 0.15) is 5.75 Å². The highest BCUT2D eigenvalue weighted by Gasteiger charge is 2.31. The molecule has 20 heavy (non-hydrogen) atoms. The van der Waals surface area contributed by atoms with Crippen LogP contribution >= 0.6 is 0 Å². The van der Waals surface area contributed by atoms with E-state index in [-0.39, 0.29) is 0 Å². The Balaban J connectivity index is 1.67. The Kier molecular flexibility index (Phi) is 4.01. The fourth-order valence-electron chi connectivity index (χ4n) is 2.91. The summed E-state index contributed by atoms with van der Waals surface area (Å²) in [6.45, 7) is 7.28. The van der Waals surface area contributed by atoms with Crippen molar-refractivity contribution in [1.82, 2.24) is 4.90 Å². The standard InChI is InChI=1S/C16H25N3O/c1-2-12-20-15-5-3-4-14(16(15)17)19-10-8-18(9-11-19)13-6-7-13/h3-5,13H,2,6-12,17H2,1H3. The average Bonchev–Trinajstić information content (AvgIpc) is 3.31. The molecule has 4 nitrogen and oxygen atoms in total. The molecular weight excluding hydrogens is 250 g/mol. The number of piperazine rings is 1. The van der Waals surface area contributed by atoms with Gasteiger partial charge in [0.25, 0.3) is 0 Å². The second-order valence-corrected chi connectivity index (χ2v) is 5.79. The lowest BCUT2D eigenvalue weighted by atomic mass is 10.2. The van der Waals surface area contributed by atoms with Crippen molar-refractivity contribution in [2.24, 2.45) is 0 Å². The number of anilines is 2. The third-order valence-corrected chi connectivity index (χ3v) is 4.22. The molecule has 0 aromatic heterocycles. The third-order valence-electron chi connectivity index (χ3n) is 4.22. The van der Waals surface area contributed by atoms with Crippen LogP contribution in [0.2, 0.25) is 0 Å². The van der Waals surface area contributed by atoms with Gasteiger partial charge in [-0.2, -0.15) is 0 Å². The van der Waals surface area contributed by atoms with Gasteiger partial charge in [0.15, 0.2) is 0 Å². The van der Waals surface area contributed by atoms with E-state index in [0.717, 1.165) is 62.4 Å². The Hall–Kier alpha value is -1.42. The summed E-state index contributed by atoms with van der Waals surface area (Å²) in [6, 6.07) is 6.99. The molecular formula is C16H25N3O. The summed E-state index contributed by atoms with van der Waals surface area (Å²) in [7, 11) is 0. The number of nitrogen functional groups attached to an aromatic ring is 1. The molecule has 0 atom stereocenters. The second-order valence-electron chi connectivity index (χ2n) is 5.79. The molecule has 0 amide bonds. The van der Waals surface area contributed by atoms with Crippen molar-refractivity contribution < 1.29 is 4.74 Å². The van der Waals surface area contributed by atoms with Gasteiger partial charge in [-0.15, -0.1) is 0 Å². The van der Waals surface area contributed by atoms with Crippen LogP contribution in [-0.4, -0.2) is 43.7 Å². The molecule has 1 aliphatic heterocycles. The van der Waals surface area contributed by atoms with Gasteiger partial charge < -0.3 is 15.4 Å². The number of nitrogens with zero attached hydrogens (tertiary/aromatic N) is 2. The average molecular weight is 275 g/mol. The molecule has 0 radical (unpaired) electrons. The van der Waals surface area contributed by atoms with Crippen molar-refractivity contribution in [3.63, 3.8) is 0 Å². The Labute approximate surface area is 121 Å². The monoisotopic (exact) mass is 275 g/mol. The van der Waals surface area contributed by atoms with E-state index in [2.05, 4.69) is 22.8 Å². The fourth-order valence-corrected chi connectivity index (χ4v) is 2.91. The first-order chi connectivity index (χ1) is 9.79. The van der Waals surface area contributed by atoms with Crippen molar-refractivity contribution in [2.75, 3.05) is 43.4 Å². The summed E-state index contributed by atoms with van der Waals surface area (Å²) in [5, 5.41) is 0. The maximum atomic E-state index is 6.28. The van der Waals surface area contributed by atoms with Crippen LogP contribution in [-0.2, 0) is 0 Å². The van der Waals surface area contributed by atoms with Crippen LogP contribution in [0.1, 0.15) is 26.2 Å². The third kappa shape index (κ3) is 2.85. The molecule has 1 heterocycles. The predicted octanol–water partition coefficient (Wildman–Crippen LogP) is 2.34. The lowest BCUT2D eigenvalue weighted by Gasteiger charge is -2.36. The first-order valence-electron chi connectivity index (χ1n) is 7.80. The van der Waals surface area contributed by atoms with Gasteiger partial charge in [-0.3, -0.25) is 4.90 Å². The van der Waals surface area contributed by atoms with E-state index in [1.165, 1.54) is 12.8 Å². The Morgan fingerprint density at radius 1 is 1.20 bits per heavy atom. The lowest BCUT2D eigenvalue weighted by Crippen LogP contribution is -2.47. The molecule has 1 saturated carbocycles. The summed E-state index contributed by atoms with van der Waals surface area (Å²) in [5.41, 5.74) is 8.21. The van der Waals surface area contributed by atoms with E-state index in [4.69, 9.17) is 10.5 Å². The molecule has 1 aromatic rings. The summed E-state index contributed by atoms with van der Waals surface area (Å²) in [4.78, 5) is 5.01. The molecule has 2 aliphatic rings. The fraction of sp³-hybridized carbons (Fsp3) is 0.625. The van der Waals surface area contributed by atoms with E-state index in [0.29, 0.717) is 0 Å². The quantitative estimate of drug-likeness (QED) is 0.838. The first kappa shape index (κ1) is 13.6. The van der Waals surface area contributed by atoms with Gasteiger partial charge in [-0.25, -0.2) is 0 Å². The molecule has 1 aliphatic carbocycles. The van der Waals surface area contributed by atoms with Crippen molar-refractivity contribution in [3.8, 4) is 5.75 Å². The summed E-state index contributed by atoms with van der Waals surface area (Å²) in [5.74, 6) is 0.828. The van der Waals surface area contributed by atoms with Crippen molar-refractivity contribution in [3.05, 3.63) is 18.2 Å². The number of rotatable bonds is 5. The zero-order valence-electron chi connectivity index (χ0n) is 12.3. The number of benzene rings is 1. The van der Waals surface area contributed by atoms with Crippen molar-refractivity contribution in [1.29, 1.82) is 0 Å². The highest BCUT2D eigenvalue weighted by atomic mass is 16.5. The Morgan fingerprint density at radius 3 is 2.60 bits per heavy atom. The van der Waals surface area contributed by atoms with Crippen LogP contribution in [0.5, 0.6) is 5.75 Å². The van der Waals surface area contributed by atoms with Crippen LogP contribution in [0.25, 0.3) is 0 Å². The van der Waals surface area contributed by atoms with E-state index in [9.17, 15) is 0 Å².